The van der Waals surface area contributed by atoms with Gasteiger partial charge in [-0.05, 0) is 76.3 Å². The number of ether oxygens (including phenoxy) is 2. The number of hydrogen-bond donors (Lipinski definition) is 3. The number of hydrogen-bond acceptors (Lipinski definition) is 7. The van der Waals surface area contributed by atoms with E-state index in [1.165, 1.54) is 0 Å². The fourth-order valence-electron chi connectivity index (χ4n) is 5.19. The number of benzene rings is 4. The fraction of sp³-hybridized carbons (Fsp3) is 0.235. The van der Waals surface area contributed by atoms with Crippen molar-refractivity contribution in [3.63, 3.8) is 0 Å². The molecule has 242 valence electrons. The van der Waals surface area contributed by atoms with Gasteiger partial charge < -0.3 is 14.6 Å². The molecule has 4 aromatic rings. The molecule has 47 heavy (non-hydrogen) atoms. The number of amides is 1. The highest BCUT2D eigenvalue weighted by atomic mass is 79.9. The number of hydrazine groups is 1. The van der Waals surface area contributed by atoms with Gasteiger partial charge in [0.05, 0.1) is 23.2 Å². The Morgan fingerprint density at radius 1 is 1.04 bits per heavy atom. The van der Waals surface area contributed by atoms with Gasteiger partial charge in [-0.15, -0.1) is 0 Å². The lowest BCUT2D eigenvalue weighted by atomic mass is 9.81. The van der Waals surface area contributed by atoms with Crippen molar-refractivity contribution in [3.05, 3.63) is 144 Å². The molecule has 0 saturated heterocycles. The van der Waals surface area contributed by atoms with Crippen LogP contribution in [0.2, 0.25) is 10.0 Å². The van der Waals surface area contributed by atoms with Crippen LogP contribution in [0.15, 0.2) is 106 Å². The molecule has 0 radical (unpaired) electrons. The largest absolute Gasteiger partial charge is 0.494 e. The van der Waals surface area contributed by atoms with Crippen molar-refractivity contribution >= 4 is 50.9 Å². The molecule has 0 bridgehead atoms. The zero-order valence-corrected chi connectivity index (χ0v) is 28.2. The van der Waals surface area contributed by atoms with Crippen molar-refractivity contribution in [1.82, 2.24) is 10.9 Å². The molecular weight excluding hydrogens is 707 g/mol. The summed E-state index contributed by atoms with van der Waals surface area (Å²) in [5.41, 5.74) is 17.2. The average molecular weight is 738 g/mol. The number of carbonyl (C=O) groups is 1. The summed E-state index contributed by atoms with van der Waals surface area (Å²) >= 11 is 15.8. The van der Waals surface area contributed by atoms with Gasteiger partial charge in [0.15, 0.2) is 11.6 Å². The Morgan fingerprint density at radius 2 is 1.79 bits per heavy atom. The van der Waals surface area contributed by atoms with E-state index in [1.54, 1.807) is 24.3 Å². The van der Waals surface area contributed by atoms with E-state index in [4.69, 9.17) is 48.3 Å². The van der Waals surface area contributed by atoms with E-state index in [2.05, 4.69) is 36.8 Å². The Bertz CT molecular complexity index is 1780. The number of aliphatic hydroxyl groups is 1. The Balaban J connectivity index is 1.55. The zero-order valence-electron chi connectivity index (χ0n) is 25.1. The van der Waals surface area contributed by atoms with E-state index in [-0.39, 0.29) is 32.0 Å². The molecule has 1 heterocycles. The number of azide groups is 1. The van der Waals surface area contributed by atoms with Crippen molar-refractivity contribution in [1.29, 1.82) is 0 Å². The van der Waals surface area contributed by atoms with E-state index in [0.29, 0.717) is 34.4 Å². The molecule has 3 N–H and O–H groups in total. The predicted molar refractivity (Wildman–Crippen MR) is 185 cm³/mol. The maximum absolute atomic E-state index is 14.5. The van der Waals surface area contributed by atoms with Crippen molar-refractivity contribution < 1.29 is 19.4 Å². The summed E-state index contributed by atoms with van der Waals surface area (Å²) in [5.74, 6) is 0.489. The van der Waals surface area contributed by atoms with Crippen molar-refractivity contribution in [2.24, 2.45) is 10.1 Å². The van der Waals surface area contributed by atoms with Crippen LogP contribution in [0.1, 0.15) is 40.3 Å². The Morgan fingerprint density at radius 3 is 2.49 bits per heavy atom. The number of aliphatic imine (C=N–C) groups is 1. The van der Waals surface area contributed by atoms with Crippen LogP contribution in [-0.2, 0) is 29.0 Å². The van der Waals surface area contributed by atoms with Gasteiger partial charge in [0.25, 0.3) is 5.91 Å². The molecule has 0 aliphatic carbocycles. The maximum atomic E-state index is 14.5. The first kappa shape index (κ1) is 34.3. The highest BCUT2D eigenvalue weighted by molar-refractivity contribution is 9.10. The van der Waals surface area contributed by atoms with Crippen LogP contribution in [0.4, 0.5) is 0 Å². The molecule has 1 aliphatic heterocycles. The van der Waals surface area contributed by atoms with Crippen molar-refractivity contribution in [2.75, 3.05) is 13.2 Å². The summed E-state index contributed by atoms with van der Waals surface area (Å²) in [6.07, 6.45) is -0.174. The fourth-order valence-corrected chi connectivity index (χ4v) is 5.77. The molecule has 2 atom stereocenters. The van der Waals surface area contributed by atoms with Crippen molar-refractivity contribution in [3.8, 4) is 5.75 Å². The van der Waals surface area contributed by atoms with Gasteiger partial charge in [-0.1, -0.05) is 86.7 Å². The SMILES string of the molecule is [N-]=[N+]=NCc1ccccc1C[C@]1(C(=O)NNCc2ccc(Cl)c(Cl)c2)N=C(c2ccc(OCCCO)cc2)O[C@H]1c1ccc(Br)cc1. The summed E-state index contributed by atoms with van der Waals surface area (Å²) in [6, 6.07) is 27.5. The van der Waals surface area contributed by atoms with Gasteiger partial charge >= 0.3 is 0 Å². The molecule has 0 fully saturated rings. The minimum Gasteiger partial charge on any atom is -0.494 e. The van der Waals surface area contributed by atoms with Crippen LogP contribution in [0, 0.1) is 0 Å². The first-order chi connectivity index (χ1) is 22.8. The van der Waals surface area contributed by atoms with Crippen molar-refractivity contribution in [2.45, 2.75) is 37.6 Å². The molecule has 1 aliphatic rings. The number of rotatable bonds is 14. The predicted octanol–water partition coefficient (Wildman–Crippen LogP) is 7.65. The van der Waals surface area contributed by atoms with Gasteiger partial charge in [0.1, 0.15) is 5.75 Å². The molecule has 0 spiro atoms. The monoisotopic (exact) mass is 736 g/mol. The second-order valence-electron chi connectivity index (χ2n) is 10.7. The Labute approximate surface area is 290 Å². The zero-order chi connectivity index (χ0) is 33.2. The van der Waals surface area contributed by atoms with Crippen LogP contribution < -0.4 is 15.6 Å². The summed E-state index contributed by atoms with van der Waals surface area (Å²) < 4.78 is 13.2. The number of halogens is 3. The first-order valence-electron chi connectivity index (χ1n) is 14.7. The second kappa shape index (κ2) is 16.1. The normalized spacial score (nSPS) is 16.9. The Kier molecular flexibility index (Phi) is 11.8. The minimum absolute atomic E-state index is 0.0403. The van der Waals surface area contributed by atoms with E-state index >= 15 is 0 Å². The molecule has 5 rings (SSSR count). The van der Waals surface area contributed by atoms with E-state index in [1.807, 2.05) is 66.7 Å². The second-order valence-corrected chi connectivity index (χ2v) is 12.5. The lowest BCUT2D eigenvalue weighted by Gasteiger charge is -2.31. The molecule has 0 aromatic heterocycles. The topological polar surface area (TPSA) is 141 Å². The van der Waals surface area contributed by atoms with E-state index in [0.717, 1.165) is 26.7 Å². The average Bonchev–Trinajstić information content (AvgIpc) is 3.47. The van der Waals surface area contributed by atoms with Gasteiger partial charge in [0, 0.05) is 40.9 Å². The number of nitrogens with zero attached hydrogens (tertiary/aromatic N) is 4. The third-order valence-electron chi connectivity index (χ3n) is 7.56. The third-order valence-corrected chi connectivity index (χ3v) is 8.83. The standard InChI is InChI=1S/C34H31BrCl2N6O4/c35-27-11-7-23(8-12-27)31-34(19-25-4-1-2-5-26(25)21-40-43-38,33(45)42-39-20-22-6-15-29(36)30(37)18-22)41-32(47-31)24-9-13-28(14-10-24)46-17-3-16-44/h1-2,4-15,18,31,39,44H,3,16-17,19-21H2,(H,42,45)/t31-,34-/m0/s1. The summed E-state index contributed by atoms with van der Waals surface area (Å²) in [5, 5.41) is 13.7. The summed E-state index contributed by atoms with van der Waals surface area (Å²) in [6.45, 7) is 0.799. The first-order valence-corrected chi connectivity index (χ1v) is 16.3. The maximum Gasteiger partial charge on any atom is 0.266 e. The molecule has 0 unspecified atom stereocenters. The molecular formula is C34H31BrCl2N6O4. The number of aliphatic hydroxyl groups excluding tert-OH is 1. The highest BCUT2D eigenvalue weighted by Crippen LogP contribution is 2.43. The Hall–Kier alpha value is -4.09. The van der Waals surface area contributed by atoms with E-state index < -0.39 is 17.6 Å². The van der Waals surface area contributed by atoms with Crippen LogP contribution in [0.25, 0.3) is 10.4 Å². The summed E-state index contributed by atoms with van der Waals surface area (Å²) in [7, 11) is 0. The molecule has 0 saturated carbocycles. The summed E-state index contributed by atoms with van der Waals surface area (Å²) in [4.78, 5) is 22.5. The van der Waals surface area contributed by atoms with Crippen LogP contribution in [0.5, 0.6) is 5.75 Å². The third kappa shape index (κ3) is 8.44. The highest BCUT2D eigenvalue weighted by Gasteiger charge is 2.53. The lowest BCUT2D eigenvalue weighted by molar-refractivity contribution is -0.130. The van der Waals surface area contributed by atoms with Gasteiger partial charge in [-0.2, -0.15) is 0 Å². The smallest absolute Gasteiger partial charge is 0.266 e. The van der Waals surface area contributed by atoms with E-state index in [9.17, 15) is 4.79 Å². The van der Waals surface area contributed by atoms with Crippen LogP contribution in [0.3, 0.4) is 0 Å². The number of nitrogens with one attached hydrogen (secondary N) is 2. The van der Waals surface area contributed by atoms with Gasteiger partial charge in [-0.25, -0.2) is 10.4 Å². The van der Waals surface area contributed by atoms with Crippen LogP contribution in [-0.4, -0.2) is 35.7 Å². The minimum atomic E-state index is -1.49. The quantitative estimate of drug-likeness (QED) is 0.0401. The molecule has 1 amide bonds. The van der Waals surface area contributed by atoms with Gasteiger partial charge in [0.2, 0.25) is 5.90 Å². The molecule has 10 nitrogen and oxygen atoms in total. The number of carbonyl (C=O) groups excluding carboxylic acids is 1. The molecule has 13 heteroatoms. The molecule has 4 aromatic carbocycles. The lowest BCUT2D eigenvalue weighted by Crippen LogP contribution is -2.53. The van der Waals surface area contributed by atoms with Crippen LogP contribution >= 0.6 is 39.1 Å². The van der Waals surface area contributed by atoms with Gasteiger partial charge in [-0.3, -0.25) is 10.2 Å².